The number of methoxy groups -OCH3 is 1. The SMILES string of the molecule is COc1ccc2c(ccn2CCC(=O)Nc2ccc3cc[nH]c3c2)c1. The Morgan fingerprint density at radius 3 is 2.92 bits per heavy atom. The molecular formula is C20H19N3O2. The smallest absolute Gasteiger partial charge is 0.226 e. The van der Waals surface area contributed by atoms with Crippen molar-refractivity contribution in [3.05, 3.63) is 60.9 Å². The number of hydrogen-bond acceptors (Lipinski definition) is 2. The number of H-pyrrole nitrogens is 1. The number of nitrogens with zero attached hydrogens (tertiary/aromatic N) is 1. The van der Waals surface area contributed by atoms with Crippen molar-refractivity contribution in [2.24, 2.45) is 0 Å². The number of aromatic amines is 1. The highest BCUT2D eigenvalue weighted by molar-refractivity contribution is 5.93. The van der Waals surface area contributed by atoms with Crippen molar-refractivity contribution in [2.75, 3.05) is 12.4 Å². The van der Waals surface area contributed by atoms with Crippen LogP contribution < -0.4 is 10.1 Å². The van der Waals surface area contributed by atoms with E-state index in [1.54, 1.807) is 7.11 Å². The van der Waals surface area contributed by atoms with Crippen LogP contribution in [0.2, 0.25) is 0 Å². The Bertz CT molecular complexity index is 1050. The lowest BCUT2D eigenvalue weighted by atomic mass is 10.2. The van der Waals surface area contributed by atoms with Crippen LogP contribution >= 0.6 is 0 Å². The third kappa shape index (κ3) is 3.08. The highest BCUT2D eigenvalue weighted by atomic mass is 16.5. The third-order valence-electron chi connectivity index (χ3n) is 4.40. The second-order valence-electron chi connectivity index (χ2n) is 6.01. The minimum Gasteiger partial charge on any atom is -0.497 e. The highest BCUT2D eigenvalue weighted by Crippen LogP contribution is 2.22. The van der Waals surface area contributed by atoms with Crippen molar-refractivity contribution in [3.63, 3.8) is 0 Å². The van der Waals surface area contributed by atoms with Gasteiger partial charge in [0.25, 0.3) is 0 Å². The molecule has 0 atom stereocenters. The van der Waals surface area contributed by atoms with Crippen molar-refractivity contribution >= 4 is 33.4 Å². The van der Waals surface area contributed by atoms with Gasteiger partial charge in [0.05, 0.1) is 7.11 Å². The van der Waals surface area contributed by atoms with E-state index in [0.717, 1.165) is 33.2 Å². The molecule has 0 aliphatic carbocycles. The molecule has 0 saturated carbocycles. The first-order chi connectivity index (χ1) is 12.2. The monoisotopic (exact) mass is 333 g/mol. The molecule has 5 nitrogen and oxygen atoms in total. The lowest BCUT2D eigenvalue weighted by molar-refractivity contribution is -0.116. The normalized spacial score (nSPS) is 11.1. The fourth-order valence-corrected chi connectivity index (χ4v) is 3.07. The molecule has 2 aromatic carbocycles. The van der Waals surface area contributed by atoms with Crippen LogP contribution in [-0.4, -0.2) is 22.6 Å². The molecule has 126 valence electrons. The summed E-state index contributed by atoms with van der Waals surface area (Å²) in [5, 5.41) is 5.20. The van der Waals surface area contributed by atoms with E-state index in [1.807, 2.05) is 60.9 Å². The van der Waals surface area contributed by atoms with E-state index in [9.17, 15) is 4.79 Å². The first-order valence-electron chi connectivity index (χ1n) is 8.23. The Morgan fingerprint density at radius 2 is 2.04 bits per heavy atom. The predicted molar refractivity (Wildman–Crippen MR) is 100 cm³/mol. The van der Waals surface area contributed by atoms with Crippen LogP contribution in [0.1, 0.15) is 6.42 Å². The van der Waals surface area contributed by atoms with Crippen LogP contribution in [0.5, 0.6) is 5.75 Å². The molecule has 2 heterocycles. The number of ether oxygens (including phenoxy) is 1. The van der Waals surface area contributed by atoms with Crippen molar-refractivity contribution in [2.45, 2.75) is 13.0 Å². The van der Waals surface area contributed by atoms with Crippen LogP contribution in [0, 0.1) is 0 Å². The molecule has 2 aromatic heterocycles. The summed E-state index contributed by atoms with van der Waals surface area (Å²) in [4.78, 5) is 15.4. The zero-order chi connectivity index (χ0) is 17.2. The average Bonchev–Trinajstić information content (AvgIpc) is 3.25. The molecule has 4 rings (SSSR count). The van der Waals surface area contributed by atoms with Gasteiger partial charge in [0.2, 0.25) is 5.91 Å². The van der Waals surface area contributed by atoms with Crippen molar-refractivity contribution in [1.82, 2.24) is 9.55 Å². The molecule has 5 heteroatoms. The molecule has 4 aromatic rings. The number of nitrogens with one attached hydrogen (secondary N) is 2. The summed E-state index contributed by atoms with van der Waals surface area (Å²) >= 11 is 0. The lowest BCUT2D eigenvalue weighted by Crippen LogP contribution is -2.14. The van der Waals surface area contributed by atoms with Gasteiger partial charge >= 0.3 is 0 Å². The van der Waals surface area contributed by atoms with Crippen molar-refractivity contribution in [3.8, 4) is 5.75 Å². The summed E-state index contributed by atoms with van der Waals surface area (Å²) in [6.45, 7) is 0.631. The number of fused-ring (bicyclic) bond motifs is 2. The van der Waals surface area contributed by atoms with E-state index >= 15 is 0 Å². The van der Waals surface area contributed by atoms with Gasteiger partial charge < -0.3 is 19.6 Å². The summed E-state index contributed by atoms with van der Waals surface area (Å²) in [6.07, 6.45) is 4.31. The molecular weight excluding hydrogens is 314 g/mol. The summed E-state index contributed by atoms with van der Waals surface area (Å²) < 4.78 is 7.33. The number of amides is 1. The largest absolute Gasteiger partial charge is 0.497 e. The molecule has 0 fully saturated rings. The molecule has 0 aliphatic rings. The summed E-state index contributed by atoms with van der Waals surface area (Å²) in [5.74, 6) is 0.837. The predicted octanol–water partition coefficient (Wildman–Crippen LogP) is 4.16. The Labute approximate surface area is 145 Å². The molecule has 0 bridgehead atoms. The van der Waals surface area contributed by atoms with Gasteiger partial charge in [-0.2, -0.15) is 0 Å². The van der Waals surface area contributed by atoms with E-state index in [4.69, 9.17) is 4.74 Å². The number of aryl methyl sites for hydroxylation is 1. The molecule has 0 unspecified atom stereocenters. The molecule has 25 heavy (non-hydrogen) atoms. The number of hydrogen-bond donors (Lipinski definition) is 2. The van der Waals surface area contributed by atoms with Gasteiger partial charge in [-0.1, -0.05) is 6.07 Å². The second kappa shape index (κ2) is 6.36. The average molecular weight is 333 g/mol. The molecule has 0 saturated heterocycles. The zero-order valence-corrected chi connectivity index (χ0v) is 14.0. The Kier molecular flexibility index (Phi) is 3.90. The van der Waals surface area contributed by atoms with E-state index in [1.165, 1.54) is 0 Å². The lowest BCUT2D eigenvalue weighted by Gasteiger charge is -2.08. The van der Waals surface area contributed by atoms with Crippen LogP contribution in [0.4, 0.5) is 5.69 Å². The first-order valence-corrected chi connectivity index (χ1v) is 8.23. The topological polar surface area (TPSA) is 59.0 Å². The molecule has 1 amide bonds. The summed E-state index contributed by atoms with van der Waals surface area (Å²) in [7, 11) is 1.66. The first kappa shape index (κ1) is 15.3. The van der Waals surface area contributed by atoms with Crippen LogP contribution in [0.25, 0.3) is 21.8 Å². The maximum atomic E-state index is 12.3. The standard InChI is InChI=1S/C20H19N3O2/c1-25-17-4-5-19-15(12-17)7-10-23(19)11-8-20(24)22-16-3-2-14-6-9-21-18(14)13-16/h2-7,9-10,12-13,21H,8,11H2,1H3,(H,22,24). The second-order valence-corrected chi connectivity index (χ2v) is 6.01. The quantitative estimate of drug-likeness (QED) is 0.576. The summed E-state index contributed by atoms with van der Waals surface area (Å²) in [6, 6.07) is 15.9. The molecule has 0 radical (unpaired) electrons. The molecule has 2 N–H and O–H groups in total. The minimum absolute atomic E-state index is 0.00117. The fraction of sp³-hybridized carbons (Fsp3) is 0.150. The van der Waals surface area contributed by atoms with Gasteiger partial charge in [-0.3, -0.25) is 4.79 Å². The highest BCUT2D eigenvalue weighted by Gasteiger charge is 2.07. The van der Waals surface area contributed by atoms with Crippen molar-refractivity contribution in [1.29, 1.82) is 0 Å². The van der Waals surface area contributed by atoms with E-state index in [2.05, 4.69) is 14.9 Å². The van der Waals surface area contributed by atoms with E-state index in [-0.39, 0.29) is 5.91 Å². The third-order valence-corrected chi connectivity index (χ3v) is 4.40. The summed E-state index contributed by atoms with van der Waals surface area (Å²) in [5.41, 5.74) is 2.92. The minimum atomic E-state index is 0.00117. The number of aromatic nitrogens is 2. The van der Waals surface area contributed by atoms with E-state index in [0.29, 0.717) is 13.0 Å². The fourth-order valence-electron chi connectivity index (χ4n) is 3.07. The van der Waals surface area contributed by atoms with E-state index < -0.39 is 0 Å². The van der Waals surface area contributed by atoms with Crippen molar-refractivity contribution < 1.29 is 9.53 Å². The number of benzene rings is 2. The Hall–Kier alpha value is -3.21. The van der Waals surface area contributed by atoms with Gasteiger partial charge in [0.15, 0.2) is 0 Å². The van der Waals surface area contributed by atoms with Gasteiger partial charge in [0, 0.05) is 47.5 Å². The number of anilines is 1. The van der Waals surface area contributed by atoms with Crippen LogP contribution in [-0.2, 0) is 11.3 Å². The van der Waals surface area contributed by atoms with Gasteiger partial charge in [0.1, 0.15) is 5.75 Å². The van der Waals surface area contributed by atoms with Gasteiger partial charge in [-0.25, -0.2) is 0 Å². The molecule has 0 spiro atoms. The zero-order valence-electron chi connectivity index (χ0n) is 14.0. The molecule has 0 aliphatic heterocycles. The Morgan fingerprint density at radius 1 is 1.12 bits per heavy atom. The van der Waals surface area contributed by atoms with Crippen LogP contribution in [0.3, 0.4) is 0 Å². The maximum Gasteiger partial charge on any atom is 0.226 e. The van der Waals surface area contributed by atoms with Gasteiger partial charge in [-0.05, 0) is 47.9 Å². The maximum absolute atomic E-state index is 12.3. The number of rotatable bonds is 5. The van der Waals surface area contributed by atoms with Gasteiger partial charge in [-0.15, -0.1) is 0 Å². The Balaban J connectivity index is 1.43. The van der Waals surface area contributed by atoms with Crippen LogP contribution in [0.15, 0.2) is 60.9 Å². The number of carbonyl (C=O) groups excluding carboxylic acids is 1. The number of carbonyl (C=O) groups is 1.